The second kappa shape index (κ2) is 7.10. The molecule has 1 saturated heterocycles. The summed E-state index contributed by atoms with van der Waals surface area (Å²) < 4.78 is 29.7. The number of sulfonamides is 1. The monoisotopic (exact) mass is 425 g/mol. The lowest BCUT2D eigenvalue weighted by Gasteiger charge is -2.32. The molecular weight excluding hydrogens is 402 g/mol. The fourth-order valence-corrected chi connectivity index (χ4v) is 5.88. The molecule has 0 unspecified atom stereocenters. The average molecular weight is 426 g/mol. The van der Waals surface area contributed by atoms with Gasteiger partial charge < -0.3 is 9.97 Å². The van der Waals surface area contributed by atoms with Gasteiger partial charge in [-0.1, -0.05) is 19.1 Å². The van der Waals surface area contributed by atoms with Crippen LogP contribution in [0.2, 0.25) is 0 Å². The zero-order valence-corrected chi connectivity index (χ0v) is 17.4. The summed E-state index contributed by atoms with van der Waals surface area (Å²) in [6.07, 6.45) is 5.71. The van der Waals surface area contributed by atoms with Crippen molar-refractivity contribution in [2.75, 3.05) is 13.1 Å². The lowest BCUT2D eigenvalue weighted by Crippen LogP contribution is -2.42. The molecule has 8 nitrogen and oxygen atoms in total. The fraction of sp³-hybridized carbons (Fsp3) is 0.333. The molecule has 1 fully saturated rings. The quantitative estimate of drug-likeness (QED) is 0.525. The number of pyridine rings is 1. The molecule has 30 heavy (non-hydrogen) atoms. The summed E-state index contributed by atoms with van der Waals surface area (Å²) in [5, 5.41) is 0.848. The highest BCUT2D eigenvalue weighted by Gasteiger charge is 2.32. The standard InChI is InChI=1S/C21H23N5O3S/c1-2-14-5-7-16(8-6-14)30(28,29)25-11-3-4-15(13-25)26-19-17-9-10-22-20(17)23-12-18(19)24-21(26)27/h5-10,12,15H,2-4,11,13H2,1H3,(H,22,23)(H,24,27)/t15-/m1/s1. The van der Waals surface area contributed by atoms with E-state index in [-0.39, 0.29) is 18.3 Å². The van der Waals surface area contributed by atoms with Crippen LogP contribution < -0.4 is 5.69 Å². The highest BCUT2D eigenvalue weighted by Crippen LogP contribution is 2.30. The molecule has 3 aromatic heterocycles. The van der Waals surface area contributed by atoms with E-state index in [4.69, 9.17) is 0 Å². The van der Waals surface area contributed by atoms with Crippen LogP contribution in [0, 0.1) is 0 Å². The van der Waals surface area contributed by atoms with E-state index in [9.17, 15) is 13.2 Å². The number of H-pyrrole nitrogens is 2. The first-order chi connectivity index (χ1) is 14.5. The van der Waals surface area contributed by atoms with Crippen molar-refractivity contribution in [2.24, 2.45) is 0 Å². The van der Waals surface area contributed by atoms with Crippen molar-refractivity contribution >= 4 is 32.1 Å². The van der Waals surface area contributed by atoms with E-state index in [1.807, 2.05) is 25.1 Å². The second-order valence-corrected chi connectivity index (χ2v) is 9.66. The van der Waals surface area contributed by atoms with Crippen molar-refractivity contribution in [3.8, 4) is 0 Å². The number of aromatic nitrogens is 4. The van der Waals surface area contributed by atoms with Crippen molar-refractivity contribution in [2.45, 2.75) is 37.1 Å². The molecule has 0 radical (unpaired) electrons. The van der Waals surface area contributed by atoms with Crippen molar-refractivity contribution < 1.29 is 8.42 Å². The van der Waals surface area contributed by atoms with Gasteiger partial charge in [-0.3, -0.25) is 4.57 Å². The number of nitrogens with one attached hydrogen (secondary N) is 2. The Morgan fingerprint density at radius 3 is 2.77 bits per heavy atom. The number of aromatic amines is 2. The van der Waals surface area contributed by atoms with E-state index in [1.54, 1.807) is 29.1 Å². The Bertz CT molecular complexity index is 1380. The van der Waals surface area contributed by atoms with Crippen LogP contribution in [0.5, 0.6) is 0 Å². The minimum atomic E-state index is -3.62. The largest absolute Gasteiger partial charge is 0.346 e. The van der Waals surface area contributed by atoms with E-state index in [0.717, 1.165) is 29.3 Å². The molecule has 9 heteroatoms. The second-order valence-electron chi connectivity index (χ2n) is 7.72. The Morgan fingerprint density at radius 2 is 2.00 bits per heavy atom. The molecule has 1 aliphatic rings. The maximum atomic E-state index is 13.2. The van der Waals surface area contributed by atoms with Gasteiger partial charge in [-0.25, -0.2) is 18.2 Å². The van der Waals surface area contributed by atoms with Crippen molar-refractivity contribution in [3.05, 3.63) is 58.8 Å². The molecule has 5 rings (SSSR count). The summed E-state index contributed by atoms with van der Waals surface area (Å²) in [5.41, 5.74) is 2.98. The topological polar surface area (TPSA) is 104 Å². The van der Waals surface area contributed by atoms with Gasteiger partial charge in [0.05, 0.1) is 28.2 Å². The van der Waals surface area contributed by atoms with E-state index in [0.29, 0.717) is 29.0 Å². The highest BCUT2D eigenvalue weighted by atomic mass is 32.2. The molecule has 156 valence electrons. The van der Waals surface area contributed by atoms with Gasteiger partial charge in [-0.15, -0.1) is 0 Å². The van der Waals surface area contributed by atoms with Crippen LogP contribution in [0.25, 0.3) is 22.1 Å². The zero-order chi connectivity index (χ0) is 20.9. The summed E-state index contributed by atoms with van der Waals surface area (Å²) in [5.74, 6) is 0. The maximum absolute atomic E-state index is 13.2. The number of rotatable bonds is 4. The molecule has 0 aliphatic carbocycles. The first kappa shape index (κ1) is 19.1. The molecule has 0 bridgehead atoms. The minimum Gasteiger partial charge on any atom is -0.346 e. The van der Waals surface area contributed by atoms with Gasteiger partial charge >= 0.3 is 5.69 Å². The molecule has 0 spiro atoms. The Morgan fingerprint density at radius 1 is 1.20 bits per heavy atom. The van der Waals surface area contributed by atoms with Gasteiger partial charge in [0.2, 0.25) is 10.0 Å². The number of imidazole rings is 1. The molecular formula is C21H23N5O3S. The zero-order valence-electron chi connectivity index (χ0n) is 16.6. The van der Waals surface area contributed by atoms with Crippen LogP contribution >= 0.6 is 0 Å². The van der Waals surface area contributed by atoms with Crippen LogP contribution in [0.4, 0.5) is 0 Å². The summed E-state index contributed by atoms with van der Waals surface area (Å²) in [4.78, 5) is 23.4. The third-order valence-electron chi connectivity index (χ3n) is 5.95. The average Bonchev–Trinajstić information content (AvgIpc) is 3.37. The molecule has 0 saturated carbocycles. The first-order valence-electron chi connectivity index (χ1n) is 10.1. The SMILES string of the molecule is CCc1ccc(S(=O)(=O)N2CCC[C@@H](n3c(=O)[nH]c4cnc5[nH]ccc5c43)C2)cc1. The number of benzene rings is 1. The van der Waals surface area contributed by atoms with Gasteiger partial charge in [0.15, 0.2) is 0 Å². The van der Waals surface area contributed by atoms with Gasteiger partial charge in [0, 0.05) is 24.7 Å². The van der Waals surface area contributed by atoms with Gasteiger partial charge in [-0.05, 0) is 43.0 Å². The molecule has 0 amide bonds. The summed E-state index contributed by atoms with van der Waals surface area (Å²) >= 11 is 0. The maximum Gasteiger partial charge on any atom is 0.326 e. The van der Waals surface area contributed by atoms with E-state index < -0.39 is 10.0 Å². The van der Waals surface area contributed by atoms with Crippen LogP contribution in [0.1, 0.15) is 31.4 Å². The van der Waals surface area contributed by atoms with Crippen LogP contribution in [0.15, 0.2) is 52.4 Å². The number of aryl methyl sites for hydroxylation is 1. The number of nitrogens with zero attached hydrogens (tertiary/aromatic N) is 3. The molecule has 4 heterocycles. The summed E-state index contributed by atoms with van der Waals surface area (Å²) in [7, 11) is -3.62. The van der Waals surface area contributed by atoms with E-state index >= 15 is 0 Å². The Balaban J connectivity index is 1.54. The fourth-order valence-electron chi connectivity index (χ4n) is 4.37. The van der Waals surface area contributed by atoms with Crippen molar-refractivity contribution in [1.29, 1.82) is 0 Å². The Hall–Kier alpha value is -2.91. The van der Waals surface area contributed by atoms with E-state index in [2.05, 4.69) is 15.0 Å². The van der Waals surface area contributed by atoms with Gasteiger partial charge in [-0.2, -0.15) is 4.31 Å². The third kappa shape index (κ3) is 2.96. The lowest BCUT2D eigenvalue weighted by atomic mass is 10.1. The van der Waals surface area contributed by atoms with Crippen LogP contribution in [-0.2, 0) is 16.4 Å². The molecule has 4 aromatic rings. The van der Waals surface area contributed by atoms with E-state index in [1.165, 1.54) is 4.31 Å². The first-order valence-corrected chi connectivity index (χ1v) is 11.6. The van der Waals surface area contributed by atoms with Gasteiger partial charge in [0.1, 0.15) is 5.65 Å². The minimum absolute atomic E-state index is 0.239. The smallest absolute Gasteiger partial charge is 0.326 e. The number of piperidine rings is 1. The molecule has 1 aromatic carbocycles. The lowest BCUT2D eigenvalue weighted by molar-refractivity contribution is 0.267. The predicted molar refractivity (Wildman–Crippen MR) is 115 cm³/mol. The summed E-state index contributed by atoms with van der Waals surface area (Å²) in [6.45, 7) is 2.75. The number of hydrogen-bond acceptors (Lipinski definition) is 4. The molecule has 2 N–H and O–H groups in total. The number of fused-ring (bicyclic) bond motifs is 3. The summed E-state index contributed by atoms with van der Waals surface area (Å²) in [6, 6.07) is 8.70. The predicted octanol–water partition coefficient (Wildman–Crippen LogP) is 2.79. The number of hydrogen-bond donors (Lipinski definition) is 2. The molecule has 1 atom stereocenters. The van der Waals surface area contributed by atoms with Crippen LogP contribution in [-0.4, -0.2) is 45.3 Å². The Kier molecular flexibility index (Phi) is 4.52. The Labute approximate surface area is 173 Å². The third-order valence-corrected chi connectivity index (χ3v) is 7.83. The van der Waals surface area contributed by atoms with Crippen molar-refractivity contribution in [1.82, 2.24) is 23.8 Å². The van der Waals surface area contributed by atoms with Crippen molar-refractivity contribution in [3.63, 3.8) is 0 Å². The molecule has 1 aliphatic heterocycles. The van der Waals surface area contributed by atoms with Gasteiger partial charge in [0.25, 0.3) is 0 Å². The normalized spacial score (nSPS) is 18.4. The highest BCUT2D eigenvalue weighted by molar-refractivity contribution is 7.89. The van der Waals surface area contributed by atoms with Crippen LogP contribution in [0.3, 0.4) is 0 Å².